The van der Waals surface area contributed by atoms with Gasteiger partial charge in [-0.15, -0.1) is 0 Å². The molecular formula is C24H22N2O4. The number of hydrogen-bond donors (Lipinski definition) is 2. The Hall–Kier alpha value is -3.43. The Morgan fingerprint density at radius 3 is 2.73 bits per heavy atom. The Kier molecular flexibility index (Phi) is 4.92. The second-order valence-corrected chi connectivity index (χ2v) is 8.04. The third-order valence-electron chi connectivity index (χ3n) is 5.87. The van der Waals surface area contributed by atoms with Crippen molar-refractivity contribution in [3.8, 4) is 11.8 Å². The summed E-state index contributed by atoms with van der Waals surface area (Å²) in [6, 6.07) is 12.9. The summed E-state index contributed by atoms with van der Waals surface area (Å²) in [5.74, 6) is 0.178. The van der Waals surface area contributed by atoms with Crippen molar-refractivity contribution in [2.45, 2.75) is 25.7 Å². The second-order valence-electron chi connectivity index (χ2n) is 8.04. The highest BCUT2D eigenvalue weighted by atomic mass is 16.5. The molecular weight excluding hydrogens is 380 g/mol. The molecule has 2 N–H and O–H groups in total. The summed E-state index contributed by atoms with van der Waals surface area (Å²) in [7, 11) is 0. The molecule has 4 rings (SSSR count). The fourth-order valence-corrected chi connectivity index (χ4v) is 4.31. The Morgan fingerprint density at radius 2 is 2.00 bits per heavy atom. The van der Waals surface area contributed by atoms with Gasteiger partial charge in [-0.2, -0.15) is 5.26 Å². The third-order valence-corrected chi connectivity index (χ3v) is 5.87. The lowest BCUT2D eigenvalue weighted by Gasteiger charge is -2.34. The predicted octanol–water partition coefficient (Wildman–Crippen LogP) is 2.53. The topological polar surface area (TPSA) is 99.4 Å². The highest BCUT2D eigenvalue weighted by molar-refractivity contribution is 6.33. The van der Waals surface area contributed by atoms with Gasteiger partial charge in [0.2, 0.25) is 0 Å². The van der Waals surface area contributed by atoms with Crippen LogP contribution in [0.4, 0.5) is 0 Å². The van der Waals surface area contributed by atoms with Crippen LogP contribution in [0.3, 0.4) is 0 Å². The van der Waals surface area contributed by atoms with Gasteiger partial charge in [0.05, 0.1) is 18.2 Å². The molecule has 2 aliphatic rings. The van der Waals surface area contributed by atoms with Crippen LogP contribution in [0, 0.1) is 11.3 Å². The van der Waals surface area contributed by atoms with Crippen LogP contribution in [0.1, 0.15) is 46.5 Å². The van der Waals surface area contributed by atoms with Gasteiger partial charge in [-0.1, -0.05) is 19.9 Å². The summed E-state index contributed by atoms with van der Waals surface area (Å²) >= 11 is 0. The van der Waals surface area contributed by atoms with Crippen molar-refractivity contribution in [2.24, 2.45) is 0 Å². The maximum absolute atomic E-state index is 13.3. The first-order chi connectivity index (χ1) is 14.4. The number of allylic oxidation sites excluding steroid dienone is 2. The molecule has 2 aromatic carbocycles. The van der Waals surface area contributed by atoms with Crippen molar-refractivity contribution < 1.29 is 19.4 Å². The summed E-state index contributed by atoms with van der Waals surface area (Å²) in [6.07, 6.45) is 0.632. The summed E-state index contributed by atoms with van der Waals surface area (Å²) in [5.41, 5.74) is 5.39. The number of fused-ring (bicyclic) bond motifs is 3. The Bertz CT molecular complexity index is 1140. The van der Waals surface area contributed by atoms with Crippen molar-refractivity contribution in [1.29, 1.82) is 5.26 Å². The lowest BCUT2D eigenvalue weighted by molar-refractivity contribution is -0.123. The zero-order chi connectivity index (χ0) is 21.5. The van der Waals surface area contributed by atoms with Crippen molar-refractivity contribution in [1.82, 2.24) is 5.32 Å². The number of carbonyl (C=O) groups excluding carboxylic acids is 2. The van der Waals surface area contributed by atoms with Crippen LogP contribution in [-0.4, -0.2) is 36.6 Å². The standard InChI is InChI=1S/C24H22N2O4/c1-24(2)19-11-16(30-13-21(28)26-7-8-27)4-6-18(19)23(29)22-17-5-3-14(12-25)9-15(17)10-20(22)24/h3-6,9,11,27H,7-8,10,13H2,1-2H3,(H,26,28). The number of nitrogens with zero attached hydrogens (tertiary/aromatic N) is 1. The van der Waals surface area contributed by atoms with Crippen LogP contribution < -0.4 is 10.1 Å². The van der Waals surface area contributed by atoms with E-state index in [1.165, 1.54) is 0 Å². The highest BCUT2D eigenvalue weighted by Gasteiger charge is 2.42. The second kappa shape index (κ2) is 7.43. The smallest absolute Gasteiger partial charge is 0.258 e. The number of carbonyl (C=O) groups is 2. The van der Waals surface area contributed by atoms with Crippen LogP contribution in [-0.2, 0) is 16.6 Å². The number of amides is 1. The number of rotatable bonds is 5. The maximum atomic E-state index is 13.3. The van der Waals surface area contributed by atoms with Crippen LogP contribution in [0.15, 0.2) is 42.0 Å². The molecule has 152 valence electrons. The number of aliphatic hydroxyl groups excluding tert-OH is 1. The van der Waals surface area contributed by atoms with Gasteiger partial charge in [0, 0.05) is 23.1 Å². The van der Waals surface area contributed by atoms with Gasteiger partial charge in [-0.3, -0.25) is 9.59 Å². The van der Waals surface area contributed by atoms with E-state index in [1.54, 1.807) is 18.2 Å². The molecule has 6 heteroatoms. The molecule has 0 unspecified atom stereocenters. The number of nitrogens with one attached hydrogen (secondary N) is 1. The zero-order valence-corrected chi connectivity index (χ0v) is 16.9. The molecule has 0 heterocycles. The lowest BCUT2D eigenvalue weighted by Crippen LogP contribution is -2.31. The van der Waals surface area contributed by atoms with E-state index in [4.69, 9.17) is 9.84 Å². The average Bonchev–Trinajstić information content (AvgIpc) is 3.14. The van der Waals surface area contributed by atoms with Gasteiger partial charge in [0.1, 0.15) is 5.75 Å². The number of aliphatic hydroxyl groups is 1. The molecule has 0 spiro atoms. The minimum absolute atomic E-state index is 0.0185. The van der Waals surface area contributed by atoms with E-state index in [-0.39, 0.29) is 31.4 Å². The van der Waals surface area contributed by atoms with Crippen LogP contribution >= 0.6 is 0 Å². The zero-order valence-electron chi connectivity index (χ0n) is 16.9. The normalized spacial score (nSPS) is 15.7. The van der Waals surface area contributed by atoms with Gasteiger partial charge in [0.15, 0.2) is 12.4 Å². The molecule has 2 aliphatic carbocycles. The molecule has 6 nitrogen and oxygen atoms in total. The summed E-state index contributed by atoms with van der Waals surface area (Å²) < 4.78 is 5.61. The van der Waals surface area contributed by atoms with Gasteiger partial charge in [-0.05, 0) is 59.0 Å². The monoisotopic (exact) mass is 402 g/mol. The number of ketones is 1. The van der Waals surface area contributed by atoms with Crippen LogP contribution in [0.25, 0.3) is 5.57 Å². The van der Waals surface area contributed by atoms with Crippen molar-refractivity contribution >= 4 is 17.3 Å². The number of benzene rings is 2. The quantitative estimate of drug-likeness (QED) is 0.801. The maximum Gasteiger partial charge on any atom is 0.258 e. The first-order valence-electron chi connectivity index (χ1n) is 9.83. The van der Waals surface area contributed by atoms with Crippen LogP contribution in [0.2, 0.25) is 0 Å². The van der Waals surface area contributed by atoms with Gasteiger partial charge >= 0.3 is 0 Å². The molecule has 2 aromatic rings. The summed E-state index contributed by atoms with van der Waals surface area (Å²) in [5, 5.41) is 20.5. The third kappa shape index (κ3) is 3.17. The molecule has 30 heavy (non-hydrogen) atoms. The molecule has 0 fully saturated rings. The number of ether oxygens (including phenoxy) is 1. The van der Waals surface area contributed by atoms with Crippen LogP contribution in [0.5, 0.6) is 5.75 Å². The molecule has 1 amide bonds. The number of hydrogen-bond acceptors (Lipinski definition) is 5. The van der Waals surface area contributed by atoms with E-state index in [0.29, 0.717) is 23.3 Å². The molecule has 0 aliphatic heterocycles. The molecule has 0 bridgehead atoms. The minimum Gasteiger partial charge on any atom is -0.484 e. The Labute approximate surface area is 174 Å². The molecule has 0 saturated carbocycles. The van der Waals surface area contributed by atoms with Crippen molar-refractivity contribution in [2.75, 3.05) is 19.8 Å². The van der Waals surface area contributed by atoms with E-state index in [1.807, 2.05) is 18.2 Å². The van der Waals surface area contributed by atoms with E-state index in [9.17, 15) is 14.9 Å². The first kappa shape index (κ1) is 19.9. The average molecular weight is 402 g/mol. The Balaban J connectivity index is 1.66. The first-order valence-corrected chi connectivity index (χ1v) is 9.83. The van der Waals surface area contributed by atoms with Gasteiger partial charge < -0.3 is 15.2 Å². The molecule has 0 atom stereocenters. The number of Topliss-reactive ketones (excluding diaryl/α,β-unsaturated/α-hetero) is 1. The van der Waals surface area contributed by atoms with Gasteiger partial charge in [-0.25, -0.2) is 0 Å². The van der Waals surface area contributed by atoms with Crippen molar-refractivity contribution in [3.63, 3.8) is 0 Å². The predicted molar refractivity (Wildman–Crippen MR) is 111 cm³/mol. The van der Waals surface area contributed by atoms with Crippen molar-refractivity contribution in [3.05, 3.63) is 69.8 Å². The molecule has 0 saturated heterocycles. The summed E-state index contributed by atoms with van der Waals surface area (Å²) in [4.78, 5) is 25.1. The minimum atomic E-state index is -0.400. The largest absolute Gasteiger partial charge is 0.484 e. The van der Waals surface area contributed by atoms with E-state index >= 15 is 0 Å². The van der Waals surface area contributed by atoms with E-state index in [2.05, 4.69) is 25.2 Å². The summed E-state index contributed by atoms with van der Waals surface area (Å²) in [6.45, 7) is 4.06. The number of nitriles is 1. The van der Waals surface area contributed by atoms with Gasteiger partial charge in [0.25, 0.3) is 5.91 Å². The lowest BCUT2D eigenvalue weighted by atomic mass is 9.68. The Morgan fingerprint density at radius 1 is 1.23 bits per heavy atom. The fourth-order valence-electron chi connectivity index (χ4n) is 4.31. The molecule has 0 aromatic heterocycles. The van der Waals surface area contributed by atoms with E-state index in [0.717, 1.165) is 27.8 Å². The molecule has 0 radical (unpaired) electrons. The SMILES string of the molecule is CC1(C)C2=C(C(=O)c3ccc(OCC(=O)NCCO)cc31)c1ccc(C#N)cc1C2. The van der Waals surface area contributed by atoms with E-state index < -0.39 is 5.41 Å². The highest BCUT2D eigenvalue weighted by Crippen LogP contribution is 2.50. The fraction of sp³-hybridized carbons (Fsp3) is 0.292.